The van der Waals surface area contributed by atoms with Crippen molar-refractivity contribution in [3.63, 3.8) is 0 Å². The zero-order chi connectivity index (χ0) is 19.7. The van der Waals surface area contributed by atoms with E-state index in [9.17, 15) is 4.79 Å². The smallest absolute Gasteiger partial charge is 0.280 e. The fourth-order valence-electron chi connectivity index (χ4n) is 3.01. The third-order valence-electron chi connectivity index (χ3n) is 4.45. The summed E-state index contributed by atoms with van der Waals surface area (Å²) in [6.45, 7) is 5.63. The second-order valence-corrected chi connectivity index (χ2v) is 7.71. The van der Waals surface area contributed by atoms with E-state index in [1.165, 1.54) is 11.3 Å². The van der Waals surface area contributed by atoms with E-state index in [0.29, 0.717) is 41.0 Å². The van der Waals surface area contributed by atoms with Crippen LogP contribution in [0.4, 0.5) is 5.13 Å². The van der Waals surface area contributed by atoms with Crippen molar-refractivity contribution in [2.45, 2.75) is 26.9 Å². The van der Waals surface area contributed by atoms with Crippen LogP contribution in [0.2, 0.25) is 5.02 Å². The van der Waals surface area contributed by atoms with Gasteiger partial charge in [-0.25, -0.2) is 4.98 Å². The van der Waals surface area contributed by atoms with Gasteiger partial charge in [-0.3, -0.25) is 19.1 Å². The van der Waals surface area contributed by atoms with E-state index < -0.39 is 0 Å². The van der Waals surface area contributed by atoms with Gasteiger partial charge < -0.3 is 0 Å². The molecule has 4 aromatic rings. The number of thiazole rings is 1. The number of amides is 1. The van der Waals surface area contributed by atoms with E-state index in [1.54, 1.807) is 21.8 Å². The van der Waals surface area contributed by atoms with Crippen LogP contribution in [-0.2, 0) is 13.1 Å². The minimum Gasteiger partial charge on any atom is -0.281 e. The minimum absolute atomic E-state index is 0.183. The molecule has 144 valence electrons. The van der Waals surface area contributed by atoms with Crippen LogP contribution in [0, 0.1) is 6.92 Å². The Kier molecular flexibility index (Phi) is 5.15. The Bertz CT molecular complexity index is 1120. The molecule has 0 aliphatic rings. The SMILES string of the molecule is CCn1nc(C(=O)N(CCn2cccn2)c2nc3c(Cl)cccc3s2)cc1C. The molecule has 0 aliphatic carbocycles. The van der Waals surface area contributed by atoms with Gasteiger partial charge in [0.2, 0.25) is 0 Å². The molecule has 1 amide bonds. The summed E-state index contributed by atoms with van der Waals surface area (Å²) >= 11 is 7.73. The maximum absolute atomic E-state index is 13.3. The van der Waals surface area contributed by atoms with Crippen LogP contribution in [0.5, 0.6) is 0 Å². The van der Waals surface area contributed by atoms with Crippen LogP contribution in [-0.4, -0.2) is 37.0 Å². The summed E-state index contributed by atoms with van der Waals surface area (Å²) in [6.07, 6.45) is 3.59. The van der Waals surface area contributed by atoms with Gasteiger partial charge in [0.05, 0.1) is 16.3 Å². The number of nitrogens with zero attached hydrogens (tertiary/aromatic N) is 6. The lowest BCUT2D eigenvalue weighted by atomic mass is 10.3. The zero-order valence-electron chi connectivity index (χ0n) is 15.5. The standard InChI is InChI=1S/C19H19ClN6OS/c1-3-26-13(2)12-15(23-26)18(27)25(11-10-24-9-5-8-21-24)19-22-17-14(20)6-4-7-16(17)28-19/h4-9,12H,3,10-11H2,1-2H3. The Morgan fingerprint density at radius 2 is 2.18 bits per heavy atom. The number of hydrogen-bond acceptors (Lipinski definition) is 5. The molecule has 0 aliphatic heterocycles. The number of carbonyl (C=O) groups excluding carboxylic acids is 1. The number of para-hydroxylation sites is 1. The number of carbonyl (C=O) groups is 1. The predicted octanol–water partition coefficient (Wildman–Crippen LogP) is 4.02. The highest BCUT2D eigenvalue weighted by Crippen LogP contribution is 2.33. The number of benzene rings is 1. The molecule has 0 unspecified atom stereocenters. The summed E-state index contributed by atoms with van der Waals surface area (Å²) in [6, 6.07) is 9.31. The molecule has 0 saturated carbocycles. The minimum atomic E-state index is -0.183. The van der Waals surface area contributed by atoms with Crippen molar-refractivity contribution < 1.29 is 4.79 Å². The molecule has 0 atom stereocenters. The van der Waals surface area contributed by atoms with Crippen molar-refractivity contribution in [2.75, 3.05) is 11.4 Å². The Balaban J connectivity index is 1.71. The largest absolute Gasteiger partial charge is 0.281 e. The molecule has 3 heterocycles. The molecule has 0 spiro atoms. The topological polar surface area (TPSA) is 68.8 Å². The van der Waals surface area contributed by atoms with Crippen LogP contribution in [0.1, 0.15) is 23.1 Å². The number of fused-ring (bicyclic) bond motifs is 1. The Hall–Kier alpha value is -2.71. The van der Waals surface area contributed by atoms with Gasteiger partial charge in [-0.15, -0.1) is 0 Å². The molecule has 0 saturated heterocycles. The molecule has 28 heavy (non-hydrogen) atoms. The number of aromatic nitrogens is 5. The highest BCUT2D eigenvalue weighted by Gasteiger charge is 2.24. The van der Waals surface area contributed by atoms with E-state index in [2.05, 4.69) is 15.2 Å². The lowest BCUT2D eigenvalue weighted by Crippen LogP contribution is -2.34. The Morgan fingerprint density at radius 3 is 2.86 bits per heavy atom. The highest BCUT2D eigenvalue weighted by atomic mass is 35.5. The number of halogens is 1. The maximum Gasteiger partial charge on any atom is 0.280 e. The molecule has 1 aromatic carbocycles. The summed E-state index contributed by atoms with van der Waals surface area (Å²) in [5.74, 6) is -0.183. The van der Waals surface area contributed by atoms with E-state index in [1.807, 2.05) is 49.0 Å². The van der Waals surface area contributed by atoms with E-state index in [-0.39, 0.29) is 5.91 Å². The van der Waals surface area contributed by atoms with Crippen molar-refractivity contribution in [1.29, 1.82) is 0 Å². The fourth-order valence-corrected chi connectivity index (χ4v) is 4.30. The first-order valence-electron chi connectivity index (χ1n) is 8.95. The second-order valence-electron chi connectivity index (χ2n) is 6.30. The van der Waals surface area contributed by atoms with Gasteiger partial charge in [-0.1, -0.05) is 29.0 Å². The van der Waals surface area contributed by atoms with Crippen molar-refractivity contribution in [1.82, 2.24) is 24.5 Å². The third-order valence-corrected chi connectivity index (χ3v) is 5.79. The Labute approximate surface area is 171 Å². The average molecular weight is 415 g/mol. The van der Waals surface area contributed by atoms with Crippen LogP contribution in [0.3, 0.4) is 0 Å². The summed E-state index contributed by atoms with van der Waals surface area (Å²) < 4.78 is 4.54. The van der Waals surface area contributed by atoms with E-state index in [0.717, 1.165) is 10.4 Å². The maximum atomic E-state index is 13.3. The number of hydrogen-bond donors (Lipinski definition) is 0. The lowest BCUT2D eigenvalue weighted by Gasteiger charge is -2.18. The van der Waals surface area contributed by atoms with Gasteiger partial charge in [-0.2, -0.15) is 10.2 Å². The first-order valence-corrected chi connectivity index (χ1v) is 10.1. The number of rotatable bonds is 6. The van der Waals surface area contributed by atoms with Gasteiger partial charge in [0, 0.05) is 31.2 Å². The van der Waals surface area contributed by atoms with Crippen molar-refractivity contribution >= 4 is 44.2 Å². The zero-order valence-corrected chi connectivity index (χ0v) is 17.1. The molecule has 0 N–H and O–H groups in total. The van der Waals surface area contributed by atoms with Crippen LogP contribution >= 0.6 is 22.9 Å². The molecule has 4 rings (SSSR count). The number of aryl methyl sites for hydroxylation is 2. The molecule has 0 bridgehead atoms. The van der Waals surface area contributed by atoms with Crippen LogP contribution in [0.25, 0.3) is 10.2 Å². The number of anilines is 1. The van der Waals surface area contributed by atoms with Crippen molar-refractivity contribution in [3.8, 4) is 0 Å². The fraction of sp³-hybridized carbons (Fsp3) is 0.263. The summed E-state index contributed by atoms with van der Waals surface area (Å²) in [5.41, 5.74) is 2.06. The van der Waals surface area contributed by atoms with Gasteiger partial charge >= 0.3 is 0 Å². The molecule has 3 aromatic heterocycles. The first-order chi connectivity index (χ1) is 13.6. The third kappa shape index (κ3) is 3.53. The van der Waals surface area contributed by atoms with E-state index in [4.69, 9.17) is 11.6 Å². The van der Waals surface area contributed by atoms with Gasteiger partial charge in [0.25, 0.3) is 5.91 Å². The second kappa shape index (κ2) is 7.73. The summed E-state index contributed by atoms with van der Waals surface area (Å²) in [4.78, 5) is 19.6. The average Bonchev–Trinajstić information content (AvgIpc) is 3.41. The normalized spacial score (nSPS) is 11.2. The molecular weight excluding hydrogens is 396 g/mol. The van der Waals surface area contributed by atoms with Gasteiger partial charge in [-0.05, 0) is 38.1 Å². The van der Waals surface area contributed by atoms with Crippen LogP contribution < -0.4 is 4.90 Å². The highest BCUT2D eigenvalue weighted by molar-refractivity contribution is 7.22. The summed E-state index contributed by atoms with van der Waals surface area (Å²) in [7, 11) is 0. The van der Waals surface area contributed by atoms with Gasteiger partial charge in [0.15, 0.2) is 10.8 Å². The molecule has 0 radical (unpaired) electrons. The molecule has 9 heteroatoms. The Morgan fingerprint density at radius 1 is 1.32 bits per heavy atom. The molecule has 7 nitrogen and oxygen atoms in total. The molecular formula is C19H19ClN6OS. The lowest BCUT2D eigenvalue weighted by molar-refractivity contribution is 0.0980. The van der Waals surface area contributed by atoms with Crippen molar-refractivity contribution in [3.05, 3.63) is 59.1 Å². The first kappa shape index (κ1) is 18.6. The quantitative estimate of drug-likeness (QED) is 0.478. The van der Waals surface area contributed by atoms with Gasteiger partial charge in [0.1, 0.15) is 5.52 Å². The predicted molar refractivity (Wildman–Crippen MR) is 111 cm³/mol. The molecule has 0 fully saturated rings. The van der Waals surface area contributed by atoms with E-state index >= 15 is 0 Å². The summed E-state index contributed by atoms with van der Waals surface area (Å²) in [5, 5.41) is 9.84. The van der Waals surface area contributed by atoms with Crippen molar-refractivity contribution in [2.24, 2.45) is 0 Å². The van der Waals surface area contributed by atoms with Crippen LogP contribution in [0.15, 0.2) is 42.7 Å². The monoisotopic (exact) mass is 414 g/mol.